The third-order valence-corrected chi connectivity index (χ3v) is 6.70. The van der Waals surface area contributed by atoms with Gasteiger partial charge >= 0.3 is 0 Å². The lowest BCUT2D eigenvalue weighted by Gasteiger charge is -2.24. The molecule has 0 bridgehead atoms. The van der Waals surface area contributed by atoms with Gasteiger partial charge in [-0.05, 0) is 48.2 Å². The summed E-state index contributed by atoms with van der Waals surface area (Å²) < 4.78 is 38.2. The van der Waals surface area contributed by atoms with E-state index in [0.29, 0.717) is 13.1 Å². The van der Waals surface area contributed by atoms with Gasteiger partial charge in [0.15, 0.2) is 0 Å². The number of hydrogen-bond donors (Lipinski definition) is 0. The summed E-state index contributed by atoms with van der Waals surface area (Å²) in [5.41, 5.74) is 2.67. The maximum atomic E-state index is 13.1. The first-order valence-electron chi connectivity index (χ1n) is 9.14. The highest BCUT2D eigenvalue weighted by Gasteiger charge is 2.25. The molecule has 0 N–H and O–H groups in total. The molecular weight excluding hydrogens is 374 g/mol. The molecule has 5 nitrogen and oxygen atoms in total. The smallest absolute Gasteiger partial charge is 0.215 e. The van der Waals surface area contributed by atoms with Crippen LogP contribution < -0.4 is 9.47 Å². The Morgan fingerprint density at radius 1 is 0.929 bits per heavy atom. The van der Waals surface area contributed by atoms with Crippen molar-refractivity contribution in [3.63, 3.8) is 0 Å². The molecule has 0 amide bonds. The van der Waals surface area contributed by atoms with Crippen LogP contribution in [0.1, 0.15) is 25.0 Å². The van der Waals surface area contributed by atoms with Crippen LogP contribution in [-0.4, -0.2) is 32.7 Å². The van der Waals surface area contributed by atoms with E-state index < -0.39 is 10.0 Å². The molecular formula is C22H29NO4S. The average Bonchev–Trinajstić information content (AvgIpc) is 2.68. The van der Waals surface area contributed by atoms with Gasteiger partial charge in [-0.15, -0.1) is 0 Å². The van der Waals surface area contributed by atoms with E-state index in [4.69, 9.17) is 9.47 Å². The van der Waals surface area contributed by atoms with Crippen molar-refractivity contribution in [2.75, 3.05) is 20.0 Å². The first-order valence-corrected chi connectivity index (χ1v) is 10.7. The van der Waals surface area contributed by atoms with Gasteiger partial charge in [0.05, 0.1) is 20.0 Å². The summed E-state index contributed by atoms with van der Waals surface area (Å²) in [6.45, 7) is 8.23. The van der Waals surface area contributed by atoms with E-state index >= 15 is 0 Å². The van der Waals surface area contributed by atoms with Crippen LogP contribution in [0.15, 0.2) is 60.7 Å². The van der Waals surface area contributed by atoms with Gasteiger partial charge in [-0.25, -0.2) is 8.42 Å². The average molecular weight is 404 g/mol. The molecule has 152 valence electrons. The van der Waals surface area contributed by atoms with Crippen LogP contribution >= 0.6 is 0 Å². The molecule has 28 heavy (non-hydrogen) atoms. The minimum atomic E-state index is -3.48. The summed E-state index contributed by atoms with van der Waals surface area (Å²) >= 11 is 0. The first-order chi connectivity index (χ1) is 13.2. The second kappa shape index (κ2) is 9.75. The Kier molecular flexibility index (Phi) is 7.66. The molecule has 0 saturated carbocycles. The van der Waals surface area contributed by atoms with Gasteiger partial charge in [-0.2, -0.15) is 4.31 Å². The standard InChI is InChI=1S/C22H29NO4S/c1-17(2)18(3)16-28(24,25)23(14-19-6-10-21(26-4)11-7-19)15-20-8-12-22(27-5)13-9-20/h6-13,18H,1,14-16H2,2-5H3. The van der Waals surface area contributed by atoms with E-state index in [1.165, 1.54) is 4.31 Å². The fraction of sp³-hybridized carbons (Fsp3) is 0.364. The number of methoxy groups -OCH3 is 2. The van der Waals surface area contributed by atoms with Gasteiger partial charge in [0, 0.05) is 13.1 Å². The lowest BCUT2D eigenvalue weighted by Crippen LogP contribution is -2.34. The molecule has 0 radical (unpaired) electrons. The fourth-order valence-corrected chi connectivity index (χ4v) is 4.50. The monoisotopic (exact) mass is 403 g/mol. The fourth-order valence-electron chi connectivity index (χ4n) is 2.69. The predicted molar refractivity (Wildman–Crippen MR) is 113 cm³/mol. The summed E-state index contributed by atoms with van der Waals surface area (Å²) in [5.74, 6) is 1.40. The van der Waals surface area contributed by atoms with Crippen molar-refractivity contribution >= 4 is 10.0 Å². The highest BCUT2D eigenvalue weighted by Crippen LogP contribution is 2.21. The Bertz CT molecular complexity index is 824. The second-order valence-electron chi connectivity index (χ2n) is 6.99. The van der Waals surface area contributed by atoms with E-state index in [1.54, 1.807) is 14.2 Å². The summed E-state index contributed by atoms with van der Waals surface area (Å²) in [5, 5.41) is 0. The zero-order valence-electron chi connectivity index (χ0n) is 17.0. The molecule has 0 saturated heterocycles. The Morgan fingerprint density at radius 3 is 1.64 bits per heavy atom. The molecule has 0 heterocycles. The highest BCUT2D eigenvalue weighted by molar-refractivity contribution is 7.89. The van der Waals surface area contributed by atoms with Crippen LogP contribution in [0.2, 0.25) is 0 Å². The number of rotatable bonds is 10. The number of sulfonamides is 1. The van der Waals surface area contributed by atoms with Crippen molar-refractivity contribution in [1.82, 2.24) is 4.31 Å². The summed E-state index contributed by atoms with van der Waals surface area (Å²) in [4.78, 5) is 0. The predicted octanol–water partition coefficient (Wildman–Crippen LogP) is 4.25. The molecule has 1 atom stereocenters. The van der Waals surface area contributed by atoms with Gasteiger partial charge in [0.25, 0.3) is 0 Å². The van der Waals surface area contributed by atoms with Crippen LogP contribution in [0.25, 0.3) is 0 Å². The van der Waals surface area contributed by atoms with Crippen LogP contribution in [0.4, 0.5) is 0 Å². The van der Waals surface area contributed by atoms with Gasteiger partial charge < -0.3 is 9.47 Å². The zero-order chi connectivity index (χ0) is 20.7. The van der Waals surface area contributed by atoms with E-state index in [1.807, 2.05) is 62.4 Å². The van der Waals surface area contributed by atoms with E-state index in [0.717, 1.165) is 28.2 Å². The maximum absolute atomic E-state index is 13.1. The van der Waals surface area contributed by atoms with Crippen molar-refractivity contribution in [3.05, 3.63) is 71.8 Å². The first kappa shape index (κ1) is 22.0. The molecule has 0 aliphatic rings. The molecule has 2 rings (SSSR count). The number of benzene rings is 2. The van der Waals surface area contributed by atoms with Gasteiger partial charge in [0.2, 0.25) is 10.0 Å². The number of ether oxygens (including phenoxy) is 2. The molecule has 0 fully saturated rings. The second-order valence-corrected chi connectivity index (χ2v) is 9.00. The third-order valence-electron chi connectivity index (χ3n) is 4.73. The highest BCUT2D eigenvalue weighted by atomic mass is 32.2. The van der Waals surface area contributed by atoms with Crippen LogP contribution in [0.3, 0.4) is 0 Å². The minimum Gasteiger partial charge on any atom is -0.497 e. The van der Waals surface area contributed by atoms with E-state index in [2.05, 4.69) is 6.58 Å². The number of hydrogen-bond acceptors (Lipinski definition) is 4. The molecule has 6 heteroatoms. The number of nitrogens with zero attached hydrogens (tertiary/aromatic N) is 1. The van der Waals surface area contributed by atoms with Crippen LogP contribution in [-0.2, 0) is 23.1 Å². The van der Waals surface area contributed by atoms with Gasteiger partial charge in [-0.1, -0.05) is 43.3 Å². The Morgan fingerprint density at radius 2 is 1.32 bits per heavy atom. The molecule has 0 aliphatic heterocycles. The van der Waals surface area contributed by atoms with Gasteiger partial charge in [-0.3, -0.25) is 0 Å². The number of allylic oxidation sites excluding steroid dienone is 1. The lowest BCUT2D eigenvalue weighted by molar-refractivity contribution is 0.395. The zero-order valence-corrected chi connectivity index (χ0v) is 17.8. The summed E-state index contributed by atoms with van der Waals surface area (Å²) in [7, 11) is -0.273. The van der Waals surface area contributed by atoms with Crippen molar-refractivity contribution < 1.29 is 17.9 Å². The molecule has 0 aliphatic carbocycles. The molecule has 0 aromatic heterocycles. The van der Waals surface area contributed by atoms with E-state index in [9.17, 15) is 8.42 Å². The largest absolute Gasteiger partial charge is 0.497 e. The minimum absolute atomic E-state index is 0.0364. The van der Waals surface area contributed by atoms with Crippen molar-refractivity contribution in [2.45, 2.75) is 26.9 Å². The summed E-state index contributed by atoms with van der Waals surface area (Å²) in [6, 6.07) is 14.9. The van der Waals surface area contributed by atoms with Crippen molar-refractivity contribution in [1.29, 1.82) is 0 Å². The molecule has 1 unspecified atom stereocenters. The van der Waals surface area contributed by atoms with Crippen molar-refractivity contribution in [2.24, 2.45) is 5.92 Å². The topological polar surface area (TPSA) is 55.8 Å². The lowest BCUT2D eigenvalue weighted by atomic mass is 10.1. The SMILES string of the molecule is C=C(C)C(C)CS(=O)(=O)N(Cc1ccc(OC)cc1)Cc1ccc(OC)cc1. The Balaban J connectivity index is 2.28. The van der Waals surface area contributed by atoms with E-state index in [-0.39, 0.29) is 11.7 Å². The van der Waals surface area contributed by atoms with Gasteiger partial charge in [0.1, 0.15) is 11.5 Å². The molecule has 0 spiro atoms. The van der Waals surface area contributed by atoms with Crippen molar-refractivity contribution in [3.8, 4) is 11.5 Å². The quantitative estimate of drug-likeness (QED) is 0.557. The van der Waals surface area contributed by atoms with Crippen LogP contribution in [0.5, 0.6) is 11.5 Å². The normalized spacial score (nSPS) is 12.6. The summed E-state index contributed by atoms with van der Waals surface area (Å²) in [6.07, 6.45) is 0. The maximum Gasteiger partial charge on any atom is 0.215 e. The Hall–Kier alpha value is -2.31. The molecule has 2 aromatic carbocycles. The molecule has 2 aromatic rings. The third kappa shape index (κ3) is 6.11. The van der Waals surface area contributed by atoms with Crippen LogP contribution in [0, 0.1) is 5.92 Å². The Labute approximate surface area is 168 Å².